The van der Waals surface area contributed by atoms with Crippen molar-refractivity contribution in [1.82, 2.24) is 4.98 Å². The minimum absolute atomic E-state index is 0.0698. The Bertz CT molecular complexity index is 905. The van der Waals surface area contributed by atoms with Crippen LogP contribution in [-0.4, -0.2) is 46.8 Å². The summed E-state index contributed by atoms with van der Waals surface area (Å²) in [5, 5.41) is 19.6. The Morgan fingerprint density at radius 1 is 1.41 bits per heavy atom. The molecule has 1 saturated heterocycles. The second kappa shape index (κ2) is 6.54. The standard InChI is InChI=1S/C20H21FN4O2/c1-20(27)8-15(26)6-13-10-24-19(18(13)20)12-2-4-25(5-3-12)14-7-16(21)17(9-22)23-11-14/h7,11-12,27H,2-6,8,10H2,1H3. The maximum atomic E-state index is 13.8. The minimum Gasteiger partial charge on any atom is -0.385 e. The van der Waals surface area contributed by atoms with Crippen LogP contribution in [0, 0.1) is 23.1 Å². The zero-order valence-corrected chi connectivity index (χ0v) is 15.2. The third-order valence-corrected chi connectivity index (χ3v) is 5.72. The molecule has 1 fully saturated rings. The van der Waals surface area contributed by atoms with E-state index in [-0.39, 0.29) is 23.8 Å². The van der Waals surface area contributed by atoms with Crippen LogP contribution in [0.2, 0.25) is 0 Å². The Balaban J connectivity index is 1.48. The first-order valence-electron chi connectivity index (χ1n) is 9.21. The average molecular weight is 368 g/mol. The number of aliphatic hydroxyl groups is 1. The van der Waals surface area contributed by atoms with Gasteiger partial charge < -0.3 is 10.0 Å². The highest BCUT2D eigenvalue weighted by atomic mass is 19.1. The third-order valence-electron chi connectivity index (χ3n) is 5.72. The van der Waals surface area contributed by atoms with Crippen LogP contribution in [0.3, 0.4) is 0 Å². The molecule has 0 aromatic carbocycles. The molecular weight excluding hydrogens is 347 g/mol. The first-order chi connectivity index (χ1) is 12.9. The number of piperidine rings is 1. The number of pyridine rings is 1. The molecular formula is C20H21FN4O2. The molecule has 1 aromatic heterocycles. The number of carbonyl (C=O) groups excluding carboxylic acids is 1. The summed E-state index contributed by atoms with van der Waals surface area (Å²) in [5.41, 5.74) is 2.15. The lowest BCUT2D eigenvalue weighted by Crippen LogP contribution is -2.42. The number of ketones is 1. The zero-order chi connectivity index (χ0) is 19.2. The van der Waals surface area contributed by atoms with Crippen molar-refractivity contribution in [2.75, 3.05) is 24.5 Å². The van der Waals surface area contributed by atoms with Gasteiger partial charge >= 0.3 is 0 Å². The van der Waals surface area contributed by atoms with Gasteiger partial charge in [-0.05, 0) is 25.3 Å². The van der Waals surface area contributed by atoms with Crippen molar-refractivity contribution >= 4 is 17.2 Å². The largest absolute Gasteiger partial charge is 0.385 e. The van der Waals surface area contributed by atoms with Gasteiger partial charge in [0, 0.05) is 49.2 Å². The second-order valence-electron chi connectivity index (χ2n) is 7.74. The second-order valence-corrected chi connectivity index (χ2v) is 7.74. The molecule has 27 heavy (non-hydrogen) atoms. The zero-order valence-electron chi connectivity index (χ0n) is 15.2. The van der Waals surface area contributed by atoms with Crippen LogP contribution in [0.5, 0.6) is 0 Å². The fourth-order valence-electron chi connectivity index (χ4n) is 4.52. The molecule has 2 aliphatic heterocycles. The summed E-state index contributed by atoms with van der Waals surface area (Å²) in [6.07, 6.45) is 3.75. The molecule has 0 spiro atoms. The summed E-state index contributed by atoms with van der Waals surface area (Å²) >= 11 is 0. The molecule has 140 valence electrons. The molecule has 1 aliphatic carbocycles. The highest BCUT2D eigenvalue weighted by molar-refractivity contribution is 6.08. The first kappa shape index (κ1) is 17.8. The van der Waals surface area contributed by atoms with Crippen LogP contribution in [-0.2, 0) is 4.79 Å². The molecule has 3 heterocycles. The van der Waals surface area contributed by atoms with E-state index in [0.717, 1.165) is 42.8 Å². The lowest BCUT2D eigenvalue weighted by atomic mass is 9.74. The fraction of sp³-hybridized carbons (Fsp3) is 0.500. The smallest absolute Gasteiger partial charge is 0.176 e. The van der Waals surface area contributed by atoms with E-state index < -0.39 is 11.4 Å². The van der Waals surface area contributed by atoms with E-state index in [4.69, 9.17) is 5.26 Å². The van der Waals surface area contributed by atoms with Gasteiger partial charge in [0.15, 0.2) is 11.5 Å². The van der Waals surface area contributed by atoms with E-state index in [9.17, 15) is 14.3 Å². The molecule has 0 saturated carbocycles. The van der Waals surface area contributed by atoms with E-state index in [0.29, 0.717) is 18.7 Å². The van der Waals surface area contributed by atoms with Crippen LogP contribution in [0.15, 0.2) is 28.4 Å². The third kappa shape index (κ3) is 3.15. The van der Waals surface area contributed by atoms with Crippen LogP contribution < -0.4 is 4.90 Å². The van der Waals surface area contributed by atoms with Gasteiger partial charge in [0.1, 0.15) is 11.9 Å². The maximum absolute atomic E-state index is 13.8. The van der Waals surface area contributed by atoms with Crippen LogP contribution in [0.25, 0.3) is 0 Å². The predicted molar refractivity (Wildman–Crippen MR) is 98.0 cm³/mol. The van der Waals surface area contributed by atoms with Gasteiger partial charge in [-0.15, -0.1) is 0 Å². The Morgan fingerprint density at radius 3 is 2.81 bits per heavy atom. The number of Topliss-reactive ketones (excluding diaryl/α,β-unsaturated/α-hetero) is 1. The van der Waals surface area contributed by atoms with Crippen molar-refractivity contribution in [3.63, 3.8) is 0 Å². The topological polar surface area (TPSA) is 89.6 Å². The highest BCUT2D eigenvalue weighted by Crippen LogP contribution is 2.40. The van der Waals surface area contributed by atoms with Gasteiger partial charge in [-0.2, -0.15) is 5.26 Å². The molecule has 4 rings (SSSR count). The van der Waals surface area contributed by atoms with Gasteiger partial charge in [-0.3, -0.25) is 9.79 Å². The van der Waals surface area contributed by atoms with Gasteiger partial charge in [-0.25, -0.2) is 9.37 Å². The summed E-state index contributed by atoms with van der Waals surface area (Å²) in [6.45, 7) is 3.67. The summed E-state index contributed by atoms with van der Waals surface area (Å²) in [4.78, 5) is 22.5. The predicted octanol–water partition coefficient (Wildman–Crippen LogP) is 2.17. The van der Waals surface area contributed by atoms with Gasteiger partial charge in [0.05, 0.1) is 24.0 Å². The first-order valence-corrected chi connectivity index (χ1v) is 9.21. The number of nitriles is 1. The van der Waals surface area contributed by atoms with E-state index in [1.807, 2.05) is 0 Å². The number of aromatic nitrogens is 1. The van der Waals surface area contributed by atoms with Gasteiger partial charge in [0.2, 0.25) is 0 Å². The van der Waals surface area contributed by atoms with Crippen LogP contribution in [0.4, 0.5) is 10.1 Å². The van der Waals surface area contributed by atoms with Crippen molar-refractivity contribution in [3.8, 4) is 6.07 Å². The maximum Gasteiger partial charge on any atom is 0.176 e. The van der Waals surface area contributed by atoms with E-state index in [1.165, 1.54) is 12.3 Å². The van der Waals surface area contributed by atoms with Crippen LogP contribution >= 0.6 is 0 Å². The molecule has 6 nitrogen and oxygen atoms in total. The summed E-state index contributed by atoms with van der Waals surface area (Å²) < 4.78 is 13.8. The number of nitrogens with zero attached hydrogens (tertiary/aromatic N) is 4. The number of anilines is 1. The minimum atomic E-state index is -1.13. The highest BCUT2D eigenvalue weighted by Gasteiger charge is 2.43. The van der Waals surface area contributed by atoms with Crippen molar-refractivity contribution in [1.29, 1.82) is 5.26 Å². The molecule has 1 N–H and O–H groups in total. The Hall–Kier alpha value is -2.59. The molecule has 1 unspecified atom stereocenters. The number of carbonyl (C=O) groups is 1. The summed E-state index contributed by atoms with van der Waals surface area (Å²) in [5.74, 6) is -0.306. The molecule has 7 heteroatoms. The molecule has 3 aliphatic rings. The average Bonchev–Trinajstić information content (AvgIpc) is 3.06. The molecule has 1 atom stereocenters. The quantitative estimate of drug-likeness (QED) is 0.864. The normalized spacial score (nSPS) is 26.1. The molecule has 1 aromatic rings. The molecule has 0 amide bonds. The van der Waals surface area contributed by atoms with Crippen molar-refractivity contribution in [2.45, 2.75) is 38.2 Å². The van der Waals surface area contributed by atoms with Crippen molar-refractivity contribution < 1.29 is 14.3 Å². The number of rotatable bonds is 2. The summed E-state index contributed by atoms with van der Waals surface area (Å²) in [6, 6.07) is 3.09. The lowest BCUT2D eigenvalue weighted by molar-refractivity contribution is -0.122. The number of halogens is 1. The fourth-order valence-corrected chi connectivity index (χ4v) is 4.52. The Labute approximate surface area is 157 Å². The van der Waals surface area contributed by atoms with Gasteiger partial charge in [-0.1, -0.05) is 0 Å². The summed E-state index contributed by atoms with van der Waals surface area (Å²) in [7, 11) is 0. The van der Waals surface area contributed by atoms with Crippen LogP contribution in [0.1, 0.15) is 38.3 Å². The van der Waals surface area contributed by atoms with Crippen molar-refractivity contribution in [3.05, 3.63) is 34.9 Å². The number of aliphatic imine (C=N–C) groups is 1. The van der Waals surface area contributed by atoms with E-state index in [1.54, 1.807) is 13.0 Å². The SMILES string of the molecule is CC1(O)CC(=O)CC2=C1C(C1CCN(c3cnc(C#N)c(F)c3)CC1)=NC2. The number of hydrogen-bond donors (Lipinski definition) is 1. The molecule has 0 bridgehead atoms. The monoisotopic (exact) mass is 368 g/mol. The number of hydrogen-bond acceptors (Lipinski definition) is 6. The Morgan fingerprint density at radius 2 is 2.15 bits per heavy atom. The van der Waals surface area contributed by atoms with E-state index >= 15 is 0 Å². The Kier molecular flexibility index (Phi) is 4.31. The van der Waals surface area contributed by atoms with E-state index in [2.05, 4.69) is 14.9 Å². The lowest BCUT2D eigenvalue weighted by Gasteiger charge is -2.37. The van der Waals surface area contributed by atoms with Gasteiger partial charge in [0.25, 0.3) is 0 Å². The molecule has 0 radical (unpaired) electrons. The van der Waals surface area contributed by atoms with Crippen molar-refractivity contribution in [2.24, 2.45) is 10.9 Å².